The second-order valence-corrected chi connectivity index (χ2v) is 5.21. The quantitative estimate of drug-likeness (QED) is 0.592. The number of rotatable bonds is 3. The third-order valence-electron chi connectivity index (χ3n) is 4.06. The highest BCUT2D eigenvalue weighted by molar-refractivity contribution is 5.66. The minimum Gasteiger partial charge on any atom is -0.462 e. The Kier molecular flexibility index (Phi) is 4.14. The summed E-state index contributed by atoms with van der Waals surface area (Å²) >= 11 is 0. The first kappa shape index (κ1) is 13.2. The zero-order chi connectivity index (χ0) is 12.3. The fourth-order valence-corrected chi connectivity index (χ4v) is 2.38. The fraction of sp³-hybridized carbons (Fsp3) is 0.769. The number of esters is 1. The van der Waals surface area contributed by atoms with E-state index in [1.54, 1.807) is 0 Å². The largest absolute Gasteiger partial charge is 0.462 e. The lowest BCUT2D eigenvalue weighted by molar-refractivity contribution is -0.139. The molecule has 1 rings (SSSR count). The average Bonchev–Trinajstić information content (AvgIpc) is 2.40. The van der Waals surface area contributed by atoms with E-state index in [9.17, 15) is 9.90 Å². The zero-order valence-electron chi connectivity index (χ0n) is 10.6. The van der Waals surface area contributed by atoms with Gasteiger partial charge in [0.25, 0.3) is 0 Å². The van der Waals surface area contributed by atoms with E-state index < -0.39 is 0 Å². The Morgan fingerprint density at radius 1 is 1.62 bits per heavy atom. The molecule has 3 nitrogen and oxygen atoms in total. The molecule has 0 aromatic heterocycles. The molecule has 0 unspecified atom stereocenters. The maximum Gasteiger partial charge on any atom is 0.302 e. The van der Waals surface area contributed by atoms with Crippen molar-refractivity contribution in [2.75, 3.05) is 13.2 Å². The van der Waals surface area contributed by atoms with Crippen LogP contribution in [0.4, 0.5) is 0 Å². The van der Waals surface area contributed by atoms with Crippen molar-refractivity contribution in [2.45, 2.75) is 34.1 Å². The number of hydrogen-bond donors (Lipinski definition) is 1. The van der Waals surface area contributed by atoms with Crippen molar-refractivity contribution in [3.8, 4) is 0 Å². The lowest BCUT2D eigenvalue weighted by Gasteiger charge is -2.29. The summed E-state index contributed by atoms with van der Waals surface area (Å²) in [5.74, 6) is 0.492. The predicted octanol–water partition coefficient (Wildman–Crippen LogP) is 2.15. The summed E-state index contributed by atoms with van der Waals surface area (Å²) < 4.78 is 4.91. The number of allylic oxidation sites excluding steroid dienone is 1. The maximum absolute atomic E-state index is 10.7. The molecule has 1 fully saturated rings. The molecule has 1 aliphatic carbocycles. The van der Waals surface area contributed by atoms with Gasteiger partial charge >= 0.3 is 5.97 Å². The van der Waals surface area contributed by atoms with Crippen LogP contribution in [0, 0.1) is 17.3 Å². The molecule has 0 aromatic carbocycles. The van der Waals surface area contributed by atoms with Crippen LogP contribution in [0.25, 0.3) is 0 Å². The summed E-state index contributed by atoms with van der Waals surface area (Å²) in [5, 5.41) is 9.34. The van der Waals surface area contributed by atoms with Gasteiger partial charge in [0.2, 0.25) is 0 Å². The summed E-state index contributed by atoms with van der Waals surface area (Å²) in [6.45, 7) is 8.54. The van der Waals surface area contributed by atoms with Gasteiger partial charge in [-0.3, -0.25) is 4.79 Å². The minimum absolute atomic E-state index is 0.122. The van der Waals surface area contributed by atoms with Gasteiger partial charge in [0.15, 0.2) is 0 Å². The molecule has 1 aliphatic rings. The molecule has 0 aromatic rings. The predicted molar refractivity (Wildman–Crippen MR) is 62.9 cm³/mol. The number of hydrogen-bond acceptors (Lipinski definition) is 3. The highest BCUT2D eigenvalue weighted by Gasteiger charge is 2.42. The van der Waals surface area contributed by atoms with E-state index in [2.05, 4.69) is 20.8 Å². The SMILES string of the molecule is CC(=O)OC/C=C1/C[C@@H](CO)C(C)(C)[C@@H]1C. The minimum atomic E-state index is -0.250. The maximum atomic E-state index is 10.7. The van der Waals surface area contributed by atoms with Gasteiger partial charge in [0, 0.05) is 13.5 Å². The molecule has 0 aliphatic heterocycles. The summed E-state index contributed by atoms with van der Waals surface area (Å²) in [6.07, 6.45) is 2.90. The molecule has 1 N–H and O–H groups in total. The fourth-order valence-electron chi connectivity index (χ4n) is 2.38. The molecule has 0 spiro atoms. The number of ether oxygens (including phenoxy) is 1. The molecule has 0 radical (unpaired) electrons. The molecule has 92 valence electrons. The Morgan fingerprint density at radius 3 is 2.69 bits per heavy atom. The van der Waals surface area contributed by atoms with Crippen LogP contribution in [0.5, 0.6) is 0 Å². The van der Waals surface area contributed by atoms with Gasteiger partial charge in [0.05, 0.1) is 0 Å². The van der Waals surface area contributed by atoms with Crippen LogP contribution in [-0.2, 0) is 9.53 Å². The number of carbonyl (C=O) groups excluding carboxylic acids is 1. The van der Waals surface area contributed by atoms with E-state index in [0.29, 0.717) is 18.4 Å². The monoisotopic (exact) mass is 226 g/mol. The van der Waals surface area contributed by atoms with E-state index in [4.69, 9.17) is 4.74 Å². The second-order valence-electron chi connectivity index (χ2n) is 5.21. The van der Waals surface area contributed by atoms with Crippen molar-refractivity contribution in [3.63, 3.8) is 0 Å². The molecule has 16 heavy (non-hydrogen) atoms. The number of aliphatic hydroxyl groups is 1. The van der Waals surface area contributed by atoms with Gasteiger partial charge in [-0.2, -0.15) is 0 Å². The van der Waals surface area contributed by atoms with Gasteiger partial charge < -0.3 is 9.84 Å². The Hall–Kier alpha value is -0.830. The number of aliphatic hydroxyl groups excluding tert-OH is 1. The molecule has 0 amide bonds. The lowest BCUT2D eigenvalue weighted by Crippen LogP contribution is -2.25. The molecule has 1 saturated carbocycles. The van der Waals surface area contributed by atoms with Crippen LogP contribution in [-0.4, -0.2) is 24.3 Å². The first-order valence-electron chi connectivity index (χ1n) is 5.82. The molecule has 2 atom stereocenters. The highest BCUT2D eigenvalue weighted by Crippen LogP contribution is 2.49. The van der Waals surface area contributed by atoms with E-state index in [0.717, 1.165) is 6.42 Å². The smallest absolute Gasteiger partial charge is 0.302 e. The summed E-state index contributed by atoms with van der Waals surface area (Å²) in [7, 11) is 0. The molecule has 0 heterocycles. The summed E-state index contributed by atoms with van der Waals surface area (Å²) in [6, 6.07) is 0. The van der Waals surface area contributed by atoms with E-state index >= 15 is 0 Å². The Morgan fingerprint density at radius 2 is 2.25 bits per heavy atom. The van der Waals surface area contributed by atoms with Gasteiger partial charge in [-0.15, -0.1) is 0 Å². The van der Waals surface area contributed by atoms with Crippen LogP contribution in [0.2, 0.25) is 0 Å². The Labute approximate surface area is 97.5 Å². The van der Waals surface area contributed by atoms with Crippen molar-refractivity contribution in [1.29, 1.82) is 0 Å². The van der Waals surface area contributed by atoms with E-state index in [-0.39, 0.29) is 18.0 Å². The van der Waals surface area contributed by atoms with Gasteiger partial charge in [-0.25, -0.2) is 0 Å². The van der Waals surface area contributed by atoms with Crippen LogP contribution in [0.1, 0.15) is 34.1 Å². The highest BCUT2D eigenvalue weighted by atomic mass is 16.5. The van der Waals surface area contributed by atoms with Crippen molar-refractivity contribution < 1.29 is 14.6 Å². The average molecular weight is 226 g/mol. The van der Waals surface area contributed by atoms with Crippen molar-refractivity contribution in [3.05, 3.63) is 11.6 Å². The van der Waals surface area contributed by atoms with Gasteiger partial charge in [-0.05, 0) is 29.7 Å². The first-order chi connectivity index (χ1) is 7.39. The topological polar surface area (TPSA) is 46.5 Å². The third kappa shape index (κ3) is 2.64. The first-order valence-corrected chi connectivity index (χ1v) is 5.82. The zero-order valence-corrected chi connectivity index (χ0v) is 10.6. The van der Waals surface area contributed by atoms with Crippen LogP contribution in [0.15, 0.2) is 11.6 Å². The molecular formula is C13H22O3. The Bertz CT molecular complexity index is 292. The van der Waals surface area contributed by atoms with Crippen LogP contribution < -0.4 is 0 Å². The van der Waals surface area contributed by atoms with Crippen molar-refractivity contribution in [1.82, 2.24) is 0 Å². The Balaban J connectivity index is 2.67. The standard InChI is InChI=1S/C13H22O3/c1-9-11(5-6-16-10(2)15)7-12(8-14)13(9,3)4/h5,9,12,14H,6-8H2,1-4H3/b11-5-/t9-,12+/m1/s1. The molecule has 0 bridgehead atoms. The number of carbonyl (C=O) groups is 1. The third-order valence-corrected chi connectivity index (χ3v) is 4.06. The normalized spacial score (nSPS) is 30.7. The van der Waals surface area contributed by atoms with Gasteiger partial charge in [-0.1, -0.05) is 26.3 Å². The molecular weight excluding hydrogens is 204 g/mol. The van der Waals surface area contributed by atoms with E-state index in [1.165, 1.54) is 12.5 Å². The van der Waals surface area contributed by atoms with Gasteiger partial charge in [0.1, 0.15) is 6.61 Å². The van der Waals surface area contributed by atoms with Crippen molar-refractivity contribution >= 4 is 5.97 Å². The molecule has 0 saturated heterocycles. The summed E-state index contributed by atoms with van der Waals surface area (Å²) in [4.78, 5) is 10.7. The van der Waals surface area contributed by atoms with E-state index in [1.807, 2.05) is 6.08 Å². The molecule has 3 heteroatoms. The van der Waals surface area contributed by atoms with Crippen LogP contribution in [0.3, 0.4) is 0 Å². The second kappa shape index (κ2) is 5.00. The van der Waals surface area contributed by atoms with Crippen LogP contribution >= 0.6 is 0 Å². The van der Waals surface area contributed by atoms with Crippen molar-refractivity contribution in [2.24, 2.45) is 17.3 Å². The lowest BCUT2D eigenvalue weighted by atomic mass is 9.76. The summed E-state index contributed by atoms with van der Waals surface area (Å²) in [5.41, 5.74) is 1.42.